The number of ether oxygens (including phenoxy) is 1. The van der Waals surface area contributed by atoms with E-state index >= 15 is 0 Å². The molecule has 110 valence electrons. The Balaban J connectivity index is 2.87. The molecule has 1 rings (SSSR count). The Morgan fingerprint density at radius 1 is 1.30 bits per heavy atom. The van der Waals surface area contributed by atoms with Crippen LogP contribution in [-0.2, 0) is 16.1 Å². The molecular formula is C14H18ClNO4. The highest BCUT2D eigenvalue weighted by Crippen LogP contribution is 2.18. The van der Waals surface area contributed by atoms with Crippen LogP contribution in [0.2, 0.25) is 5.02 Å². The molecule has 0 unspecified atom stereocenters. The van der Waals surface area contributed by atoms with E-state index in [2.05, 4.69) is 0 Å². The van der Waals surface area contributed by atoms with Crippen molar-refractivity contribution in [2.45, 2.75) is 32.9 Å². The summed E-state index contributed by atoms with van der Waals surface area (Å²) < 4.78 is 5.19. The van der Waals surface area contributed by atoms with Crippen LogP contribution >= 0.6 is 11.6 Å². The van der Waals surface area contributed by atoms with Crippen molar-refractivity contribution in [1.82, 2.24) is 4.90 Å². The molecule has 1 aromatic carbocycles. The fourth-order valence-corrected chi connectivity index (χ4v) is 1.70. The number of hydrogen-bond acceptors (Lipinski definition) is 3. The summed E-state index contributed by atoms with van der Waals surface area (Å²) in [6.07, 6.45) is -0.681. The van der Waals surface area contributed by atoms with Crippen molar-refractivity contribution in [3.05, 3.63) is 34.9 Å². The van der Waals surface area contributed by atoms with Crippen LogP contribution < -0.4 is 0 Å². The molecule has 0 aliphatic rings. The lowest BCUT2D eigenvalue weighted by Gasteiger charge is -2.26. The van der Waals surface area contributed by atoms with Gasteiger partial charge >= 0.3 is 12.1 Å². The van der Waals surface area contributed by atoms with Gasteiger partial charge in [0.15, 0.2) is 0 Å². The van der Waals surface area contributed by atoms with Crippen LogP contribution in [0.1, 0.15) is 26.3 Å². The molecule has 0 atom stereocenters. The largest absolute Gasteiger partial charge is 0.480 e. The van der Waals surface area contributed by atoms with E-state index in [1.54, 1.807) is 45.0 Å². The van der Waals surface area contributed by atoms with Gasteiger partial charge in [0.25, 0.3) is 0 Å². The molecule has 0 aliphatic heterocycles. The van der Waals surface area contributed by atoms with Gasteiger partial charge in [-0.05, 0) is 32.4 Å². The molecule has 1 aromatic rings. The number of aliphatic carboxylic acids is 1. The van der Waals surface area contributed by atoms with Crippen molar-refractivity contribution < 1.29 is 19.4 Å². The first-order valence-corrected chi connectivity index (χ1v) is 6.50. The Hall–Kier alpha value is -1.75. The molecular weight excluding hydrogens is 282 g/mol. The van der Waals surface area contributed by atoms with Crippen LogP contribution in [0.3, 0.4) is 0 Å². The quantitative estimate of drug-likeness (QED) is 0.927. The lowest BCUT2D eigenvalue weighted by molar-refractivity contribution is -0.138. The van der Waals surface area contributed by atoms with Gasteiger partial charge in [0, 0.05) is 5.02 Å². The number of benzene rings is 1. The Morgan fingerprint density at radius 3 is 2.40 bits per heavy atom. The van der Waals surface area contributed by atoms with E-state index in [1.807, 2.05) is 0 Å². The summed E-state index contributed by atoms with van der Waals surface area (Å²) in [6.45, 7) is 4.80. The predicted molar refractivity (Wildman–Crippen MR) is 75.7 cm³/mol. The van der Waals surface area contributed by atoms with Crippen molar-refractivity contribution in [3.8, 4) is 0 Å². The highest BCUT2D eigenvalue weighted by atomic mass is 35.5. The SMILES string of the molecule is CC(C)(C)OC(=O)N(CC(=O)O)Cc1ccccc1Cl. The second-order valence-corrected chi connectivity index (χ2v) is 5.73. The second kappa shape index (κ2) is 6.61. The number of carboxylic acids is 1. The summed E-state index contributed by atoms with van der Waals surface area (Å²) in [5.74, 6) is -1.11. The van der Waals surface area contributed by atoms with Gasteiger partial charge in [-0.25, -0.2) is 4.79 Å². The fourth-order valence-electron chi connectivity index (χ4n) is 1.51. The van der Waals surface area contributed by atoms with Crippen LogP contribution in [0.25, 0.3) is 0 Å². The highest BCUT2D eigenvalue weighted by molar-refractivity contribution is 6.31. The van der Waals surface area contributed by atoms with Crippen LogP contribution in [0.4, 0.5) is 4.79 Å². The minimum absolute atomic E-state index is 0.0842. The Labute approximate surface area is 123 Å². The van der Waals surface area contributed by atoms with Gasteiger partial charge in [0.1, 0.15) is 12.1 Å². The number of amides is 1. The average molecular weight is 300 g/mol. The number of hydrogen-bond donors (Lipinski definition) is 1. The summed E-state index contributed by atoms with van der Waals surface area (Å²) in [5, 5.41) is 9.37. The molecule has 0 heterocycles. The smallest absolute Gasteiger partial charge is 0.411 e. The van der Waals surface area contributed by atoms with E-state index in [-0.39, 0.29) is 6.54 Å². The number of nitrogens with zero attached hydrogens (tertiary/aromatic N) is 1. The third-order valence-electron chi connectivity index (χ3n) is 2.30. The molecule has 5 nitrogen and oxygen atoms in total. The molecule has 0 fully saturated rings. The zero-order valence-corrected chi connectivity index (χ0v) is 12.5. The molecule has 0 spiro atoms. The minimum Gasteiger partial charge on any atom is -0.480 e. The van der Waals surface area contributed by atoms with Crippen molar-refractivity contribution in [2.24, 2.45) is 0 Å². The fraction of sp³-hybridized carbons (Fsp3) is 0.429. The molecule has 0 saturated heterocycles. The molecule has 0 radical (unpaired) electrons. The van der Waals surface area contributed by atoms with Gasteiger partial charge in [-0.3, -0.25) is 9.69 Å². The van der Waals surface area contributed by atoms with Crippen molar-refractivity contribution in [2.75, 3.05) is 6.54 Å². The normalized spacial score (nSPS) is 11.0. The number of carbonyl (C=O) groups excluding carboxylic acids is 1. The molecule has 0 saturated carbocycles. The lowest BCUT2D eigenvalue weighted by atomic mass is 10.2. The maximum atomic E-state index is 12.0. The molecule has 0 aliphatic carbocycles. The van der Waals surface area contributed by atoms with E-state index in [0.717, 1.165) is 4.90 Å². The predicted octanol–water partition coefficient (Wildman–Crippen LogP) is 3.16. The first-order valence-electron chi connectivity index (χ1n) is 6.12. The van der Waals surface area contributed by atoms with E-state index in [9.17, 15) is 9.59 Å². The third-order valence-corrected chi connectivity index (χ3v) is 2.67. The number of halogens is 1. The number of rotatable bonds is 4. The van der Waals surface area contributed by atoms with Crippen LogP contribution in [0.15, 0.2) is 24.3 Å². The van der Waals surface area contributed by atoms with Gasteiger partial charge in [0.2, 0.25) is 0 Å². The summed E-state index contributed by atoms with van der Waals surface area (Å²) in [6, 6.07) is 6.96. The van der Waals surface area contributed by atoms with Crippen molar-refractivity contribution >= 4 is 23.7 Å². The summed E-state index contributed by atoms with van der Waals surface area (Å²) in [7, 11) is 0. The molecule has 20 heavy (non-hydrogen) atoms. The second-order valence-electron chi connectivity index (χ2n) is 5.32. The third kappa shape index (κ3) is 5.48. The van der Waals surface area contributed by atoms with Crippen molar-refractivity contribution in [1.29, 1.82) is 0 Å². The highest BCUT2D eigenvalue weighted by Gasteiger charge is 2.24. The Bertz CT molecular complexity index is 496. The van der Waals surface area contributed by atoms with Crippen LogP contribution in [0.5, 0.6) is 0 Å². The standard InChI is InChI=1S/C14H18ClNO4/c1-14(2,3)20-13(19)16(9-12(17)18)8-10-6-4-5-7-11(10)15/h4-7H,8-9H2,1-3H3,(H,17,18). The first-order chi connectivity index (χ1) is 9.19. The van der Waals surface area contributed by atoms with E-state index < -0.39 is 24.2 Å². The molecule has 0 aromatic heterocycles. The average Bonchev–Trinajstić information content (AvgIpc) is 2.28. The number of carboxylic acid groups (broad SMARTS) is 1. The zero-order chi connectivity index (χ0) is 15.3. The lowest BCUT2D eigenvalue weighted by Crippen LogP contribution is -2.39. The molecule has 1 amide bonds. The Kier molecular flexibility index (Phi) is 5.39. The van der Waals surface area contributed by atoms with E-state index in [0.29, 0.717) is 10.6 Å². The molecule has 6 heteroatoms. The molecule has 0 bridgehead atoms. The summed E-state index contributed by atoms with van der Waals surface area (Å²) in [5.41, 5.74) is -0.0183. The minimum atomic E-state index is -1.11. The topological polar surface area (TPSA) is 66.8 Å². The zero-order valence-electron chi connectivity index (χ0n) is 11.7. The van der Waals surface area contributed by atoms with Gasteiger partial charge in [-0.1, -0.05) is 29.8 Å². The van der Waals surface area contributed by atoms with Crippen molar-refractivity contribution in [3.63, 3.8) is 0 Å². The van der Waals surface area contributed by atoms with Crippen LogP contribution in [-0.4, -0.2) is 34.2 Å². The summed E-state index contributed by atoms with van der Waals surface area (Å²) >= 11 is 6.02. The van der Waals surface area contributed by atoms with Gasteiger partial charge in [0.05, 0.1) is 6.54 Å². The Morgan fingerprint density at radius 2 is 1.90 bits per heavy atom. The van der Waals surface area contributed by atoms with Gasteiger partial charge < -0.3 is 9.84 Å². The molecule has 1 N–H and O–H groups in total. The number of carbonyl (C=O) groups is 2. The maximum absolute atomic E-state index is 12.0. The summed E-state index contributed by atoms with van der Waals surface area (Å²) in [4.78, 5) is 24.0. The van der Waals surface area contributed by atoms with E-state index in [4.69, 9.17) is 21.4 Å². The van der Waals surface area contributed by atoms with Gasteiger partial charge in [-0.2, -0.15) is 0 Å². The van der Waals surface area contributed by atoms with Gasteiger partial charge in [-0.15, -0.1) is 0 Å². The van der Waals surface area contributed by atoms with E-state index in [1.165, 1.54) is 0 Å². The first kappa shape index (κ1) is 16.3. The monoisotopic (exact) mass is 299 g/mol. The maximum Gasteiger partial charge on any atom is 0.411 e. The van der Waals surface area contributed by atoms with Crippen LogP contribution in [0, 0.1) is 0 Å².